The number of rotatable bonds is 8. The molecule has 2 atom stereocenters. The number of hydrogen-bond donors (Lipinski definition) is 1. The number of benzene rings is 2. The van der Waals surface area contributed by atoms with Crippen LogP contribution >= 0.6 is 0 Å². The van der Waals surface area contributed by atoms with Gasteiger partial charge in [0.15, 0.2) is 17.9 Å². The molecule has 2 rings (SSSR count). The molecule has 1 amide bonds. The summed E-state index contributed by atoms with van der Waals surface area (Å²) in [5, 5.41) is 13.8. The Hall–Kier alpha value is -3.69. The number of nitro groups is 1. The number of nitrogens with one attached hydrogen (secondary N) is 1. The standard InChI is InChI=1S/C22H25FN2O7/c1-5-30-20(26)18(24-21(27)32-22(2,3)4)19(14-9-7-6-8-10-14)31-17-12-11-15(23)13-16(17)25(28)29/h6-13,18-19H,5H2,1-4H3,(H,24,27). The average Bonchev–Trinajstić information content (AvgIpc) is 2.70. The van der Waals surface area contributed by atoms with E-state index >= 15 is 0 Å². The Labute approximate surface area is 184 Å². The lowest BCUT2D eigenvalue weighted by Crippen LogP contribution is -2.49. The van der Waals surface area contributed by atoms with Crippen molar-refractivity contribution in [2.45, 2.75) is 45.4 Å². The number of halogens is 1. The van der Waals surface area contributed by atoms with Crippen molar-refractivity contribution in [2.75, 3.05) is 6.61 Å². The molecule has 2 unspecified atom stereocenters. The molecule has 0 radical (unpaired) electrons. The summed E-state index contributed by atoms with van der Waals surface area (Å²) in [5.41, 5.74) is -1.06. The Morgan fingerprint density at radius 2 is 1.81 bits per heavy atom. The SMILES string of the molecule is CCOC(=O)C(NC(=O)OC(C)(C)C)C(Oc1ccc(F)cc1[N+](=O)[O-])c1ccccc1. The van der Waals surface area contributed by atoms with Gasteiger partial charge in [-0.3, -0.25) is 10.1 Å². The zero-order valence-corrected chi connectivity index (χ0v) is 18.2. The third kappa shape index (κ3) is 6.93. The quantitative estimate of drug-likeness (QED) is 0.363. The molecule has 0 fully saturated rings. The van der Waals surface area contributed by atoms with Gasteiger partial charge in [-0.1, -0.05) is 30.3 Å². The van der Waals surface area contributed by atoms with E-state index in [4.69, 9.17) is 14.2 Å². The van der Waals surface area contributed by atoms with Gasteiger partial charge in [0.1, 0.15) is 11.4 Å². The van der Waals surface area contributed by atoms with Crippen molar-refractivity contribution in [2.24, 2.45) is 0 Å². The molecule has 0 aromatic heterocycles. The van der Waals surface area contributed by atoms with Crippen molar-refractivity contribution < 1.29 is 33.1 Å². The van der Waals surface area contributed by atoms with E-state index < -0.39 is 46.2 Å². The fourth-order valence-electron chi connectivity index (χ4n) is 2.77. The fraction of sp³-hybridized carbons (Fsp3) is 0.364. The van der Waals surface area contributed by atoms with Gasteiger partial charge >= 0.3 is 17.7 Å². The predicted molar refractivity (Wildman–Crippen MR) is 113 cm³/mol. The van der Waals surface area contributed by atoms with Crippen LogP contribution in [-0.4, -0.2) is 35.2 Å². The monoisotopic (exact) mass is 448 g/mol. The van der Waals surface area contributed by atoms with Crippen molar-refractivity contribution in [3.05, 3.63) is 70.0 Å². The van der Waals surface area contributed by atoms with Gasteiger partial charge in [-0.15, -0.1) is 0 Å². The van der Waals surface area contributed by atoms with Crippen LogP contribution in [0.25, 0.3) is 0 Å². The molecule has 0 saturated heterocycles. The summed E-state index contributed by atoms with van der Waals surface area (Å²) in [6.45, 7) is 6.56. The number of esters is 1. The smallest absolute Gasteiger partial charge is 0.408 e. The normalized spacial score (nSPS) is 12.9. The Morgan fingerprint density at radius 1 is 1.16 bits per heavy atom. The van der Waals surface area contributed by atoms with Crippen molar-refractivity contribution in [3.8, 4) is 5.75 Å². The van der Waals surface area contributed by atoms with Crippen molar-refractivity contribution in [1.82, 2.24) is 5.32 Å². The number of amides is 1. The molecule has 0 spiro atoms. The molecule has 10 heteroatoms. The number of nitro benzene ring substituents is 1. The van der Waals surface area contributed by atoms with Crippen LogP contribution in [0.2, 0.25) is 0 Å². The highest BCUT2D eigenvalue weighted by Crippen LogP contribution is 2.33. The maximum atomic E-state index is 13.6. The summed E-state index contributed by atoms with van der Waals surface area (Å²) in [6, 6.07) is 9.65. The highest BCUT2D eigenvalue weighted by Gasteiger charge is 2.37. The summed E-state index contributed by atoms with van der Waals surface area (Å²) in [5.74, 6) is -1.95. The maximum absolute atomic E-state index is 13.6. The van der Waals surface area contributed by atoms with E-state index in [0.29, 0.717) is 11.6 Å². The minimum absolute atomic E-state index is 0.0174. The van der Waals surface area contributed by atoms with E-state index in [1.807, 2.05) is 0 Å². The van der Waals surface area contributed by atoms with Crippen LogP contribution in [0.15, 0.2) is 48.5 Å². The second-order valence-electron chi connectivity index (χ2n) is 7.69. The van der Waals surface area contributed by atoms with E-state index in [2.05, 4.69) is 5.32 Å². The fourth-order valence-corrected chi connectivity index (χ4v) is 2.77. The Morgan fingerprint density at radius 3 is 2.38 bits per heavy atom. The van der Waals surface area contributed by atoms with Crippen LogP contribution < -0.4 is 10.1 Å². The molecule has 0 aliphatic carbocycles. The van der Waals surface area contributed by atoms with Crippen LogP contribution in [0.1, 0.15) is 39.4 Å². The molecule has 1 N–H and O–H groups in total. The second kappa shape index (κ2) is 10.6. The van der Waals surface area contributed by atoms with Gasteiger partial charge in [-0.2, -0.15) is 0 Å². The Balaban J connectivity index is 2.51. The van der Waals surface area contributed by atoms with Gasteiger partial charge in [-0.25, -0.2) is 14.0 Å². The van der Waals surface area contributed by atoms with E-state index in [0.717, 1.165) is 12.1 Å². The third-order valence-electron chi connectivity index (χ3n) is 4.02. The van der Waals surface area contributed by atoms with E-state index in [1.165, 1.54) is 0 Å². The molecule has 2 aromatic carbocycles. The van der Waals surface area contributed by atoms with Gasteiger partial charge in [-0.05, 0) is 45.4 Å². The zero-order chi connectivity index (χ0) is 23.9. The molecule has 0 bridgehead atoms. The number of carbonyl (C=O) groups excluding carboxylic acids is 2. The van der Waals surface area contributed by atoms with E-state index in [1.54, 1.807) is 58.0 Å². The van der Waals surface area contributed by atoms with Crippen LogP contribution in [0.3, 0.4) is 0 Å². The molecule has 172 valence electrons. The summed E-state index contributed by atoms with van der Waals surface area (Å²) in [4.78, 5) is 35.8. The van der Waals surface area contributed by atoms with Crippen molar-refractivity contribution >= 4 is 17.7 Å². The zero-order valence-electron chi connectivity index (χ0n) is 18.2. The van der Waals surface area contributed by atoms with Gasteiger partial charge < -0.3 is 19.5 Å². The topological polar surface area (TPSA) is 117 Å². The van der Waals surface area contributed by atoms with Gasteiger partial charge in [0.2, 0.25) is 0 Å². The Kier molecular flexibility index (Phi) is 8.11. The molecular formula is C22H25FN2O7. The number of nitrogens with zero attached hydrogens (tertiary/aromatic N) is 1. The average molecular weight is 448 g/mol. The van der Waals surface area contributed by atoms with E-state index in [-0.39, 0.29) is 12.4 Å². The first-order valence-electron chi connectivity index (χ1n) is 9.83. The van der Waals surface area contributed by atoms with E-state index in [9.17, 15) is 24.1 Å². The molecular weight excluding hydrogens is 423 g/mol. The molecule has 9 nitrogen and oxygen atoms in total. The first-order valence-corrected chi connectivity index (χ1v) is 9.83. The molecule has 0 saturated carbocycles. The summed E-state index contributed by atoms with van der Waals surface area (Å²) >= 11 is 0. The first-order chi connectivity index (χ1) is 15.0. The minimum Gasteiger partial charge on any atom is -0.476 e. The molecule has 32 heavy (non-hydrogen) atoms. The minimum atomic E-state index is -1.42. The summed E-state index contributed by atoms with van der Waals surface area (Å²) < 4.78 is 29.7. The number of ether oxygens (including phenoxy) is 3. The Bertz CT molecular complexity index is 960. The number of hydrogen-bond acceptors (Lipinski definition) is 7. The van der Waals surface area contributed by atoms with Gasteiger partial charge in [0, 0.05) is 0 Å². The largest absolute Gasteiger partial charge is 0.476 e. The van der Waals surface area contributed by atoms with Crippen molar-refractivity contribution in [1.29, 1.82) is 0 Å². The molecule has 2 aromatic rings. The van der Waals surface area contributed by atoms with Crippen molar-refractivity contribution in [3.63, 3.8) is 0 Å². The van der Waals surface area contributed by atoms with Crippen LogP contribution in [0, 0.1) is 15.9 Å². The van der Waals surface area contributed by atoms with Gasteiger partial charge in [0.25, 0.3) is 0 Å². The lowest BCUT2D eigenvalue weighted by molar-refractivity contribution is -0.386. The van der Waals surface area contributed by atoms with Crippen LogP contribution in [-0.2, 0) is 14.3 Å². The number of carbonyl (C=O) groups is 2. The number of alkyl carbamates (subject to hydrolysis) is 1. The summed E-state index contributed by atoms with van der Waals surface area (Å²) in [6.07, 6.45) is -2.15. The van der Waals surface area contributed by atoms with Crippen LogP contribution in [0.5, 0.6) is 5.75 Å². The lowest BCUT2D eigenvalue weighted by atomic mass is 10.0. The lowest BCUT2D eigenvalue weighted by Gasteiger charge is -2.28. The molecule has 0 aliphatic rings. The van der Waals surface area contributed by atoms with Gasteiger partial charge in [0.05, 0.1) is 17.6 Å². The highest BCUT2D eigenvalue weighted by molar-refractivity contribution is 5.82. The summed E-state index contributed by atoms with van der Waals surface area (Å²) in [7, 11) is 0. The predicted octanol–water partition coefficient (Wildman–Crippen LogP) is 4.31. The first kappa shape index (κ1) is 24.6. The van der Waals surface area contributed by atoms with Crippen LogP contribution in [0.4, 0.5) is 14.9 Å². The second-order valence-corrected chi connectivity index (χ2v) is 7.69. The maximum Gasteiger partial charge on any atom is 0.408 e. The third-order valence-corrected chi connectivity index (χ3v) is 4.02. The highest BCUT2D eigenvalue weighted by atomic mass is 19.1. The molecule has 0 aliphatic heterocycles. The molecule has 0 heterocycles.